The zero-order chi connectivity index (χ0) is 13.6. The molecule has 0 aliphatic rings. The Bertz CT molecular complexity index is 422. The number of ether oxygens (including phenoxy) is 1. The van der Waals surface area contributed by atoms with E-state index in [1.807, 2.05) is 30.3 Å². The molecule has 98 valence electrons. The number of carbonyl (C=O) groups is 1. The van der Waals surface area contributed by atoms with Crippen LogP contribution in [0.25, 0.3) is 0 Å². The molecule has 0 heterocycles. The van der Waals surface area contributed by atoms with Gasteiger partial charge in [0.25, 0.3) is 0 Å². The van der Waals surface area contributed by atoms with Gasteiger partial charge in [-0.1, -0.05) is 36.4 Å². The Morgan fingerprint density at radius 1 is 1.28 bits per heavy atom. The molecule has 0 radical (unpaired) electrons. The maximum Gasteiger partial charge on any atom is 0.423 e. The van der Waals surface area contributed by atoms with Gasteiger partial charge in [-0.2, -0.15) is 13.2 Å². The second-order valence-corrected chi connectivity index (χ2v) is 3.57. The molecule has 0 aliphatic carbocycles. The molecule has 0 aliphatic heterocycles. The van der Waals surface area contributed by atoms with Crippen LogP contribution in [0, 0.1) is 0 Å². The largest absolute Gasteiger partial charge is 0.462 e. The molecule has 18 heavy (non-hydrogen) atoms. The van der Waals surface area contributed by atoms with Crippen LogP contribution in [0.4, 0.5) is 13.2 Å². The summed E-state index contributed by atoms with van der Waals surface area (Å²) in [4.78, 5) is 11.2. The molecule has 0 saturated carbocycles. The summed E-state index contributed by atoms with van der Waals surface area (Å²) in [5.74, 6) is -1.33. The van der Waals surface area contributed by atoms with Gasteiger partial charge in [-0.05, 0) is 12.5 Å². The average Bonchev–Trinajstić information content (AvgIpc) is 2.29. The van der Waals surface area contributed by atoms with Gasteiger partial charge in [0.05, 0.1) is 6.61 Å². The first kappa shape index (κ1) is 14.3. The first-order valence-electron chi connectivity index (χ1n) is 5.39. The number of halogens is 3. The first-order valence-corrected chi connectivity index (χ1v) is 5.39. The van der Waals surface area contributed by atoms with Crippen molar-refractivity contribution in [1.82, 2.24) is 0 Å². The fourth-order valence-corrected chi connectivity index (χ4v) is 1.38. The Hall–Kier alpha value is -1.78. The van der Waals surface area contributed by atoms with Crippen molar-refractivity contribution in [2.75, 3.05) is 6.61 Å². The van der Waals surface area contributed by atoms with Gasteiger partial charge < -0.3 is 4.74 Å². The molecular weight excluding hydrogens is 245 g/mol. The van der Waals surface area contributed by atoms with E-state index in [-0.39, 0.29) is 6.61 Å². The van der Waals surface area contributed by atoms with Crippen LogP contribution in [-0.4, -0.2) is 18.8 Å². The van der Waals surface area contributed by atoms with Crippen LogP contribution in [0.1, 0.15) is 12.5 Å². The van der Waals surface area contributed by atoms with E-state index in [0.717, 1.165) is 12.5 Å². The molecule has 0 saturated heterocycles. The van der Waals surface area contributed by atoms with Crippen LogP contribution in [0.5, 0.6) is 0 Å². The van der Waals surface area contributed by atoms with Gasteiger partial charge in [0, 0.05) is 6.42 Å². The lowest BCUT2D eigenvalue weighted by atomic mass is 10.2. The molecule has 0 atom stereocenters. The Morgan fingerprint density at radius 3 is 2.39 bits per heavy atom. The quantitative estimate of drug-likeness (QED) is 0.612. The zero-order valence-corrected chi connectivity index (χ0v) is 9.83. The van der Waals surface area contributed by atoms with Crippen molar-refractivity contribution in [3.63, 3.8) is 0 Å². The van der Waals surface area contributed by atoms with E-state index in [9.17, 15) is 18.0 Å². The van der Waals surface area contributed by atoms with Crippen molar-refractivity contribution in [3.8, 4) is 0 Å². The summed E-state index contributed by atoms with van der Waals surface area (Å²) >= 11 is 0. The zero-order valence-electron chi connectivity index (χ0n) is 9.83. The van der Waals surface area contributed by atoms with E-state index >= 15 is 0 Å². The highest BCUT2D eigenvalue weighted by Crippen LogP contribution is 2.26. The van der Waals surface area contributed by atoms with E-state index in [0.29, 0.717) is 12.5 Å². The SMILES string of the molecule is C/C=C(/C(=O)OCCc1ccccc1)C(F)(F)F. The summed E-state index contributed by atoms with van der Waals surface area (Å²) in [6.45, 7) is 1.08. The molecule has 1 aromatic carbocycles. The summed E-state index contributed by atoms with van der Waals surface area (Å²) in [7, 11) is 0. The third-order valence-electron chi connectivity index (χ3n) is 2.28. The summed E-state index contributed by atoms with van der Waals surface area (Å²) in [6.07, 6.45) is -3.56. The van der Waals surface area contributed by atoms with Gasteiger partial charge in [0.1, 0.15) is 5.57 Å². The summed E-state index contributed by atoms with van der Waals surface area (Å²) in [5, 5.41) is 0. The fraction of sp³-hybridized carbons (Fsp3) is 0.308. The smallest absolute Gasteiger partial charge is 0.423 e. The van der Waals surface area contributed by atoms with Crippen molar-refractivity contribution in [3.05, 3.63) is 47.5 Å². The molecule has 1 rings (SSSR count). The molecule has 0 N–H and O–H groups in total. The number of carbonyl (C=O) groups excluding carboxylic acids is 1. The number of alkyl halides is 3. The number of benzene rings is 1. The first-order chi connectivity index (χ1) is 8.45. The minimum atomic E-state index is -4.67. The molecule has 0 unspecified atom stereocenters. The van der Waals surface area contributed by atoms with Crippen molar-refractivity contribution < 1.29 is 22.7 Å². The summed E-state index contributed by atoms with van der Waals surface area (Å²) < 4.78 is 41.7. The van der Waals surface area contributed by atoms with Crippen LogP contribution in [0.3, 0.4) is 0 Å². The van der Waals surface area contributed by atoms with Crippen LogP contribution < -0.4 is 0 Å². The number of allylic oxidation sites excluding steroid dienone is 1. The van der Waals surface area contributed by atoms with E-state index in [2.05, 4.69) is 4.74 Å². The fourth-order valence-electron chi connectivity index (χ4n) is 1.38. The normalized spacial score (nSPS) is 12.3. The molecule has 2 nitrogen and oxygen atoms in total. The van der Waals surface area contributed by atoms with Crippen LogP contribution in [0.15, 0.2) is 42.0 Å². The number of esters is 1. The monoisotopic (exact) mass is 258 g/mol. The second kappa shape index (κ2) is 6.23. The predicted molar refractivity (Wildman–Crippen MR) is 60.9 cm³/mol. The molecule has 0 amide bonds. The lowest BCUT2D eigenvalue weighted by molar-refractivity contribution is -0.150. The van der Waals surface area contributed by atoms with Crippen LogP contribution in [0.2, 0.25) is 0 Å². The van der Waals surface area contributed by atoms with E-state index in [1.54, 1.807) is 0 Å². The molecule has 0 fully saturated rings. The minimum Gasteiger partial charge on any atom is -0.462 e. The van der Waals surface area contributed by atoms with E-state index < -0.39 is 17.7 Å². The maximum atomic E-state index is 12.4. The second-order valence-electron chi connectivity index (χ2n) is 3.57. The minimum absolute atomic E-state index is 0.0731. The highest BCUT2D eigenvalue weighted by molar-refractivity contribution is 5.89. The van der Waals surface area contributed by atoms with Gasteiger partial charge >= 0.3 is 12.1 Å². The van der Waals surface area contributed by atoms with Gasteiger partial charge in [-0.25, -0.2) is 4.79 Å². The highest BCUT2D eigenvalue weighted by Gasteiger charge is 2.38. The number of rotatable bonds is 4. The Labute approximate surface area is 103 Å². The molecule has 0 aromatic heterocycles. The summed E-state index contributed by atoms with van der Waals surface area (Å²) in [5.41, 5.74) is -0.366. The van der Waals surface area contributed by atoms with Crippen molar-refractivity contribution >= 4 is 5.97 Å². The van der Waals surface area contributed by atoms with E-state index in [1.165, 1.54) is 0 Å². The van der Waals surface area contributed by atoms with E-state index in [4.69, 9.17) is 0 Å². The number of hydrogen-bond acceptors (Lipinski definition) is 2. The Morgan fingerprint density at radius 2 is 1.89 bits per heavy atom. The van der Waals surface area contributed by atoms with Gasteiger partial charge in [0.2, 0.25) is 0 Å². The molecule has 0 spiro atoms. The maximum absolute atomic E-state index is 12.4. The predicted octanol–water partition coefficient (Wildman–Crippen LogP) is 3.28. The highest BCUT2D eigenvalue weighted by atomic mass is 19.4. The third kappa shape index (κ3) is 4.24. The number of hydrogen-bond donors (Lipinski definition) is 0. The molecule has 5 heteroatoms. The average molecular weight is 258 g/mol. The van der Waals surface area contributed by atoms with Gasteiger partial charge in [-0.15, -0.1) is 0 Å². The van der Waals surface area contributed by atoms with Crippen molar-refractivity contribution in [2.45, 2.75) is 19.5 Å². The van der Waals surface area contributed by atoms with Gasteiger partial charge in [-0.3, -0.25) is 0 Å². The lowest BCUT2D eigenvalue weighted by Gasteiger charge is -2.10. The topological polar surface area (TPSA) is 26.3 Å². The molecule has 1 aromatic rings. The summed E-state index contributed by atoms with van der Waals surface area (Å²) in [6, 6.07) is 9.08. The van der Waals surface area contributed by atoms with Crippen LogP contribution >= 0.6 is 0 Å². The van der Waals surface area contributed by atoms with Crippen molar-refractivity contribution in [2.24, 2.45) is 0 Å². The van der Waals surface area contributed by atoms with Crippen molar-refractivity contribution in [1.29, 1.82) is 0 Å². The molecule has 0 bridgehead atoms. The van der Waals surface area contributed by atoms with Crippen LogP contribution in [-0.2, 0) is 16.0 Å². The molecular formula is C13H13F3O2. The lowest BCUT2D eigenvalue weighted by Crippen LogP contribution is -2.22. The Balaban J connectivity index is 2.47. The Kier molecular flexibility index (Phi) is 4.95. The van der Waals surface area contributed by atoms with Gasteiger partial charge in [0.15, 0.2) is 0 Å². The standard InChI is InChI=1S/C13H13F3O2/c1-2-11(13(14,15)16)12(17)18-9-8-10-6-4-3-5-7-10/h2-7H,8-9H2,1H3/b11-2-. The third-order valence-corrected chi connectivity index (χ3v) is 2.28.